The summed E-state index contributed by atoms with van der Waals surface area (Å²) in [7, 11) is 0. The van der Waals surface area contributed by atoms with Gasteiger partial charge in [0.05, 0.1) is 12.2 Å². The van der Waals surface area contributed by atoms with Crippen LogP contribution in [0.1, 0.15) is 16.2 Å². The number of carboxylic acid groups (broad SMARTS) is 1. The van der Waals surface area contributed by atoms with Crippen molar-refractivity contribution in [2.24, 2.45) is 0 Å². The van der Waals surface area contributed by atoms with Gasteiger partial charge < -0.3 is 10.4 Å². The first-order chi connectivity index (χ1) is 7.75. The predicted molar refractivity (Wildman–Crippen MR) is 58.4 cm³/mol. The maximum Gasteiger partial charge on any atom is 0.355 e. The van der Waals surface area contributed by atoms with Gasteiger partial charge in [-0.3, -0.25) is 0 Å². The molecule has 2 heterocycles. The van der Waals surface area contributed by atoms with Crippen LogP contribution in [0.25, 0.3) is 0 Å². The molecule has 0 amide bonds. The van der Waals surface area contributed by atoms with Gasteiger partial charge in [0.15, 0.2) is 10.8 Å². The monoisotopic (exact) mass is 236 g/mol. The largest absolute Gasteiger partial charge is 0.476 e. The van der Waals surface area contributed by atoms with Gasteiger partial charge in [-0.15, -0.1) is 11.3 Å². The summed E-state index contributed by atoms with van der Waals surface area (Å²) in [5.74, 6) is -1.02. The molecule has 2 aromatic rings. The van der Waals surface area contributed by atoms with E-state index >= 15 is 0 Å². The molecular weight excluding hydrogens is 228 g/mol. The maximum absolute atomic E-state index is 10.6. The summed E-state index contributed by atoms with van der Waals surface area (Å²) < 4.78 is 0. The highest BCUT2D eigenvalue weighted by Crippen LogP contribution is 2.15. The lowest BCUT2D eigenvalue weighted by molar-refractivity contribution is 0.0691. The molecule has 0 saturated carbocycles. The Hall–Kier alpha value is -2.02. The molecule has 7 heteroatoms. The van der Waals surface area contributed by atoms with Crippen LogP contribution in [0, 0.1) is 0 Å². The van der Waals surface area contributed by atoms with Gasteiger partial charge in [0.25, 0.3) is 0 Å². The van der Waals surface area contributed by atoms with Gasteiger partial charge in [-0.1, -0.05) is 0 Å². The number of carboxylic acids is 1. The first-order valence-electron chi connectivity index (χ1n) is 4.45. The molecule has 2 rings (SSSR count). The van der Waals surface area contributed by atoms with E-state index in [4.69, 9.17) is 5.11 Å². The molecule has 6 nitrogen and oxygen atoms in total. The second-order valence-electron chi connectivity index (χ2n) is 2.91. The summed E-state index contributed by atoms with van der Waals surface area (Å²) in [5.41, 5.74) is 0.821. The molecular formula is C9H8N4O2S. The summed E-state index contributed by atoms with van der Waals surface area (Å²) in [6.45, 7) is 0.473. The molecule has 0 atom stereocenters. The number of hydrogen-bond donors (Lipinski definition) is 2. The van der Waals surface area contributed by atoms with Crippen LogP contribution in [0.4, 0.5) is 5.13 Å². The molecule has 0 aromatic carbocycles. The molecule has 82 valence electrons. The van der Waals surface area contributed by atoms with Gasteiger partial charge in [0.1, 0.15) is 0 Å². The average Bonchev–Trinajstić information content (AvgIpc) is 2.76. The predicted octanol–water partition coefficient (Wildman–Crippen LogP) is 1.24. The van der Waals surface area contributed by atoms with E-state index in [1.807, 2.05) is 6.07 Å². The SMILES string of the molecule is O=C(O)c1csc(NCc2cccnn2)n1. The molecule has 0 unspecified atom stereocenters. The van der Waals surface area contributed by atoms with E-state index in [-0.39, 0.29) is 5.69 Å². The first-order valence-corrected chi connectivity index (χ1v) is 5.33. The van der Waals surface area contributed by atoms with Crippen molar-refractivity contribution in [2.45, 2.75) is 6.54 Å². The third kappa shape index (κ3) is 2.51. The van der Waals surface area contributed by atoms with Crippen molar-refractivity contribution < 1.29 is 9.90 Å². The minimum absolute atomic E-state index is 0.0478. The number of hydrogen-bond acceptors (Lipinski definition) is 6. The van der Waals surface area contributed by atoms with E-state index < -0.39 is 5.97 Å². The van der Waals surface area contributed by atoms with Gasteiger partial charge in [0, 0.05) is 11.6 Å². The Bertz CT molecular complexity index is 485. The third-order valence-electron chi connectivity index (χ3n) is 1.77. The second kappa shape index (κ2) is 4.67. The second-order valence-corrected chi connectivity index (χ2v) is 3.77. The molecule has 0 spiro atoms. The van der Waals surface area contributed by atoms with Crippen molar-refractivity contribution in [3.05, 3.63) is 35.1 Å². The zero-order valence-corrected chi connectivity index (χ0v) is 8.94. The molecule has 0 saturated heterocycles. The van der Waals surface area contributed by atoms with Crippen LogP contribution >= 0.6 is 11.3 Å². The minimum atomic E-state index is -1.02. The molecule has 0 aliphatic rings. The molecule has 0 fully saturated rings. The van der Waals surface area contributed by atoms with Crippen LogP contribution in [0.2, 0.25) is 0 Å². The lowest BCUT2D eigenvalue weighted by Crippen LogP contribution is -2.03. The van der Waals surface area contributed by atoms with E-state index in [1.54, 1.807) is 12.3 Å². The van der Waals surface area contributed by atoms with E-state index in [0.29, 0.717) is 11.7 Å². The van der Waals surface area contributed by atoms with Crippen molar-refractivity contribution >= 4 is 22.4 Å². The highest BCUT2D eigenvalue weighted by atomic mass is 32.1. The number of carbonyl (C=O) groups is 1. The fourth-order valence-electron chi connectivity index (χ4n) is 1.05. The summed E-state index contributed by atoms with van der Waals surface area (Å²) in [4.78, 5) is 14.5. The van der Waals surface area contributed by atoms with E-state index in [9.17, 15) is 4.79 Å². The van der Waals surface area contributed by atoms with Crippen LogP contribution in [-0.2, 0) is 6.54 Å². The number of rotatable bonds is 4. The van der Waals surface area contributed by atoms with Crippen molar-refractivity contribution in [1.82, 2.24) is 15.2 Å². The topological polar surface area (TPSA) is 88.0 Å². The van der Waals surface area contributed by atoms with Crippen LogP contribution < -0.4 is 5.32 Å². The molecule has 2 N–H and O–H groups in total. The average molecular weight is 236 g/mol. The van der Waals surface area contributed by atoms with Gasteiger partial charge >= 0.3 is 5.97 Å². The normalized spacial score (nSPS) is 10.0. The van der Waals surface area contributed by atoms with Crippen molar-refractivity contribution in [2.75, 3.05) is 5.32 Å². The number of aromatic nitrogens is 3. The van der Waals surface area contributed by atoms with Gasteiger partial charge in [0.2, 0.25) is 0 Å². The summed E-state index contributed by atoms with van der Waals surface area (Å²) in [6.07, 6.45) is 1.59. The highest BCUT2D eigenvalue weighted by Gasteiger charge is 2.07. The molecule has 0 aliphatic heterocycles. The fourth-order valence-corrected chi connectivity index (χ4v) is 1.73. The Balaban J connectivity index is 1.97. The van der Waals surface area contributed by atoms with Gasteiger partial charge in [-0.25, -0.2) is 9.78 Å². The van der Waals surface area contributed by atoms with Crippen molar-refractivity contribution in [3.8, 4) is 0 Å². The van der Waals surface area contributed by atoms with Crippen molar-refractivity contribution in [3.63, 3.8) is 0 Å². The first kappa shape index (κ1) is 10.5. The van der Waals surface area contributed by atoms with Crippen LogP contribution in [0.5, 0.6) is 0 Å². The summed E-state index contributed by atoms with van der Waals surface area (Å²) in [6, 6.07) is 3.61. The van der Waals surface area contributed by atoms with E-state index in [2.05, 4.69) is 20.5 Å². The number of aromatic carboxylic acids is 1. The lowest BCUT2D eigenvalue weighted by Gasteiger charge is -1.99. The zero-order chi connectivity index (χ0) is 11.4. The highest BCUT2D eigenvalue weighted by molar-refractivity contribution is 7.13. The zero-order valence-electron chi connectivity index (χ0n) is 8.12. The molecule has 0 bridgehead atoms. The Morgan fingerprint density at radius 2 is 2.44 bits per heavy atom. The number of anilines is 1. The van der Waals surface area contributed by atoms with Gasteiger partial charge in [-0.05, 0) is 12.1 Å². The maximum atomic E-state index is 10.6. The van der Waals surface area contributed by atoms with Crippen LogP contribution in [0.3, 0.4) is 0 Å². The standard InChI is InChI=1S/C9H8N4O2S/c14-8(15)7-5-16-9(12-7)10-4-6-2-1-3-11-13-6/h1-3,5H,4H2,(H,10,12)(H,14,15). The van der Waals surface area contributed by atoms with Gasteiger partial charge in [-0.2, -0.15) is 10.2 Å². The summed E-state index contributed by atoms with van der Waals surface area (Å²) >= 11 is 1.25. The van der Waals surface area contributed by atoms with Crippen LogP contribution in [0.15, 0.2) is 23.7 Å². The van der Waals surface area contributed by atoms with E-state index in [1.165, 1.54) is 16.7 Å². The Kier molecular flexibility index (Phi) is 3.06. The molecule has 16 heavy (non-hydrogen) atoms. The smallest absolute Gasteiger partial charge is 0.355 e. The lowest BCUT2D eigenvalue weighted by atomic mass is 10.4. The minimum Gasteiger partial charge on any atom is -0.476 e. The van der Waals surface area contributed by atoms with E-state index in [0.717, 1.165) is 5.69 Å². The Labute approximate surface area is 95.0 Å². The van der Waals surface area contributed by atoms with Crippen LogP contribution in [-0.4, -0.2) is 26.3 Å². The molecule has 0 aliphatic carbocycles. The third-order valence-corrected chi connectivity index (χ3v) is 2.57. The Morgan fingerprint density at radius 3 is 3.06 bits per heavy atom. The van der Waals surface area contributed by atoms with Crippen molar-refractivity contribution in [1.29, 1.82) is 0 Å². The quantitative estimate of drug-likeness (QED) is 0.830. The number of thiazole rings is 1. The number of nitrogens with zero attached hydrogens (tertiary/aromatic N) is 3. The molecule has 2 aromatic heterocycles. The summed E-state index contributed by atoms with van der Waals surface area (Å²) in [5, 5.41) is 21.3. The Morgan fingerprint density at radius 1 is 1.56 bits per heavy atom. The molecule has 0 radical (unpaired) electrons. The number of nitrogens with one attached hydrogen (secondary N) is 1. The fraction of sp³-hybridized carbons (Fsp3) is 0.111.